The van der Waals surface area contributed by atoms with Gasteiger partial charge in [-0.3, -0.25) is 0 Å². The molecular weight excluding hydrogens is 418 g/mol. The highest BCUT2D eigenvalue weighted by molar-refractivity contribution is 7.88. The highest BCUT2D eigenvalue weighted by Crippen LogP contribution is 2.30. The first kappa shape index (κ1) is 21.0. The minimum Gasteiger partial charge on any atom is -0.387 e. The summed E-state index contributed by atoms with van der Waals surface area (Å²) in [5.41, 5.74) is -0.189. The summed E-state index contributed by atoms with van der Waals surface area (Å²) < 4.78 is 26.8. The zero-order chi connectivity index (χ0) is 21.6. The quantitative estimate of drug-likeness (QED) is 0.695. The average Bonchev–Trinajstić information content (AvgIpc) is 3.47. The number of likely N-dealkylation sites (tertiary alicyclic amines) is 1. The molecule has 2 aromatic rings. The molecule has 0 radical (unpaired) electrons. The monoisotopic (exact) mass is 449 g/mol. The second kappa shape index (κ2) is 7.95. The summed E-state index contributed by atoms with van der Waals surface area (Å²) in [6.07, 6.45) is 5.95. The van der Waals surface area contributed by atoms with Crippen molar-refractivity contribution in [3.63, 3.8) is 0 Å². The summed E-state index contributed by atoms with van der Waals surface area (Å²) in [5.74, 6) is 2.18. The number of nitrogens with zero attached hydrogens (tertiary/aromatic N) is 7. The van der Waals surface area contributed by atoms with E-state index in [1.165, 1.54) is 23.4 Å². The van der Waals surface area contributed by atoms with Gasteiger partial charge in [0.05, 0.1) is 11.9 Å². The number of fused-ring (bicyclic) bond motifs is 1. The Morgan fingerprint density at radius 3 is 2.52 bits per heavy atom. The number of β-amino-alcohol motifs (C(OH)–C–C–N with tert-alkyl or cyclic N) is 1. The van der Waals surface area contributed by atoms with Gasteiger partial charge in [0, 0.05) is 38.6 Å². The number of anilines is 1. The van der Waals surface area contributed by atoms with Crippen molar-refractivity contribution in [1.29, 1.82) is 0 Å². The van der Waals surface area contributed by atoms with Gasteiger partial charge < -0.3 is 14.9 Å². The number of aromatic nitrogens is 4. The maximum atomic E-state index is 11.8. The predicted molar refractivity (Wildman–Crippen MR) is 117 cm³/mol. The molecule has 3 aliphatic heterocycles. The van der Waals surface area contributed by atoms with Crippen molar-refractivity contribution in [2.24, 2.45) is 0 Å². The lowest BCUT2D eigenvalue weighted by Crippen LogP contribution is -2.48. The van der Waals surface area contributed by atoms with Gasteiger partial charge in [-0.2, -0.15) is 8.82 Å². The molecule has 3 aliphatic rings. The number of rotatable bonds is 5. The van der Waals surface area contributed by atoms with Crippen molar-refractivity contribution < 1.29 is 13.5 Å². The van der Waals surface area contributed by atoms with Gasteiger partial charge in [0.2, 0.25) is 10.0 Å². The molecule has 0 saturated carbocycles. The summed E-state index contributed by atoms with van der Waals surface area (Å²) in [7, 11) is -3.26. The van der Waals surface area contributed by atoms with Gasteiger partial charge in [-0.15, -0.1) is 15.3 Å². The molecule has 2 aromatic heterocycles. The molecule has 5 rings (SSSR count). The molecular formula is C20H31N7O3S. The fourth-order valence-electron chi connectivity index (χ4n) is 5.16. The van der Waals surface area contributed by atoms with E-state index < -0.39 is 15.6 Å². The van der Waals surface area contributed by atoms with Crippen LogP contribution in [-0.4, -0.2) is 100 Å². The molecule has 1 unspecified atom stereocenters. The van der Waals surface area contributed by atoms with E-state index in [0.717, 1.165) is 56.3 Å². The standard InChI is InChI=1S/C20H31N7O3S/c1-31(29,30)26-13-8-20(28,15-26)14-24-11-6-16(7-12-24)19-22-21-17-4-5-18(23-27(17)19)25-9-2-3-10-25/h4-5,16,28H,2-3,6-15H2,1H3. The maximum Gasteiger partial charge on any atom is 0.211 e. The summed E-state index contributed by atoms with van der Waals surface area (Å²) >= 11 is 0. The van der Waals surface area contributed by atoms with Crippen LogP contribution in [0.25, 0.3) is 5.65 Å². The second-order valence-electron chi connectivity index (χ2n) is 9.34. The van der Waals surface area contributed by atoms with E-state index in [1.54, 1.807) is 0 Å². The lowest BCUT2D eigenvalue weighted by Gasteiger charge is -2.36. The SMILES string of the molecule is CS(=O)(=O)N1CCC(O)(CN2CCC(c3nnc4ccc(N5CCCC5)nn34)CC2)C1. The van der Waals surface area contributed by atoms with Crippen molar-refractivity contribution >= 4 is 21.5 Å². The van der Waals surface area contributed by atoms with Crippen LogP contribution in [0.5, 0.6) is 0 Å². The Balaban J connectivity index is 1.24. The van der Waals surface area contributed by atoms with Crippen molar-refractivity contribution in [3.05, 3.63) is 18.0 Å². The zero-order valence-corrected chi connectivity index (χ0v) is 18.8. The van der Waals surface area contributed by atoms with Crippen LogP contribution in [0.1, 0.15) is 43.8 Å². The van der Waals surface area contributed by atoms with E-state index >= 15 is 0 Å². The molecule has 5 heterocycles. The first-order chi connectivity index (χ1) is 14.8. The zero-order valence-electron chi connectivity index (χ0n) is 18.0. The van der Waals surface area contributed by atoms with Crippen LogP contribution in [0.15, 0.2) is 12.1 Å². The van der Waals surface area contributed by atoms with Gasteiger partial charge >= 0.3 is 0 Å². The Kier molecular flexibility index (Phi) is 5.40. The first-order valence-corrected chi connectivity index (χ1v) is 13.0. The van der Waals surface area contributed by atoms with Crippen LogP contribution in [0.2, 0.25) is 0 Å². The summed E-state index contributed by atoms with van der Waals surface area (Å²) in [6, 6.07) is 4.03. The molecule has 0 aliphatic carbocycles. The minimum absolute atomic E-state index is 0.184. The van der Waals surface area contributed by atoms with Gasteiger partial charge in [-0.25, -0.2) is 8.42 Å². The van der Waals surface area contributed by atoms with E-state index in [-0.39, 0.29) is 12.5 Å². The molecule has 0 bridgehead atoms. The Morgan fingerprint density at radius 1 is 1.10 bits per heavy atom. The van der Waals surface area contributed by atoms with Gasteiger partial charge in [0.25, 0.3) is 0 Å². The van der Waals surface area contributed by atoms with Gasteiger partial charge in [0.1, 0.15) is 5.82 Å². The molecule has 1 N–H and O–H groups in total. The summed E-state index contributed by atoms with van der Waals surface area (Å²) in [5, 5.41) is 24.5. The van der Waals surface area contributed by atoms with Gasteiger partial charge in [-0.05, 0) is 57.3 Å². The van der Waals surface area contributed by atoms with E-state index in [4.69, 9.17) is 5.10 Å². The molecule has 10 nitrogen and oxygen atoms in total. The summed E-state index contributed by atoms with van der Waals surface area (Å²) in [6.45, 7) is 4.86. The molecule has 3 saturated heterocycles. The summed E-state index contributed by atoms with van der Waals surface area (Å²) in [4.78, 5) is 4.56. The third-order valence-corrected chi connectivity index (χ3v) is 8.19. The molecule has 11 heteroatoms. The maximum absolute atomic E-state index is 11.8. The van der Waals surface area contributed by atoms with E-state index in [2.05, 4.69) is 20.0 Å². The number of sulfonamides is 1. The van der Waals surface area contributed by atoms with Crippen LogP contribution in [0.3, 0.4) is 0 Å². The molecule has 170 valence electrons. The number of piperidine rings is 1. The third-order valence-electron chi connectivity index (χ3n) is 6.94. The highest BCUT2D eigenvalue weighted by atomic mass is 32.2. The highest BCUT2D eigenvalue weighted by Gasteiger charge is 2.41. The number of aliphatic hydroxyl groups is 1. The van der Waals surface area contributed by atoms with Gasteiger partial charge in [0.15, 0.2) is 11.5 Å². The molecule has 0 spiro atoms. The third kappa shape index (κ3) is 4.28. The molecule has 0 aromatic carbocycles. The second-order valence-corrected chi connectivity index (χ2v) is 11.3. The van der Waals surface area contributed by atoms with Crippen LogP contribution < -0.4 is 4.90 Å². The lowest BCUT2D eigenvalue weighted by molar-refractivity contribution is 0.00960. The molecule has 31 heavy (non-hydrogen) atoms. The Labute approximate surface area is 182 Å². The number of hydrogen-bond donors (Lipinski definition) is 1. The van der Waals surface area contributed by atoms with E-state index in [9.17, 15) is 13.5 Å². The smallest absolute Gasteiger partial charge is 0.211 e. The normalized spacial score (nSPS) is 27.0. The van der Waals surface area contributed by atoms with Crippen molar-refractivity contribution in [1.82, 2.24) is 29.0 Å². The van der Waals surface area contributed by atoms with Crippen molar-refractivity contribution in [2.75, 3.05) is 57.0 Å². The Hall–Kier alpha value is -1.82. The minimum atomic E-state index is -3.26. The van der Waals surface area contributed by atoms with Crippen LogP contribution in [0, 0.1) is 0 Å². The van der Waals surface area contributed by atoms with Crippen LogP contribution in [-0.2, 0) is 10.0 Å². The fraction of sp³-hybridized carbons (Fsp3) is 0.750. The Bertz CT molecular complexity index is 1040. The molecule has 0 amide bonds. The van der Waals surface area contributed by atoms with Crippen LogP contribution in [0.4, 0.5) is 5.82 Å². The topological polar surface area (TPSA) is 107 Å². The number of hydrogen-bond acceptors (Lipinski definition) is 8. The molecule has 3 fully saturated rings. The van der Waals surface area contributed by atoms with Crippen molar-refractivity contribution in [3.8, 4) is 0 Å². The largest absolute Gasteiger partial charge is 0.387 e. The fourth-order valence-corrected chi connectivity index (χ4v) is 6.06. The van der Waals surface area contributed by atoms with E-state index in [0.29, 0.717) is 19.5 Å². The Morgan fingerprint density at radius 2 is 1.84 bits per heavy atom. The first-order valence-electron chi connectivity index (χ1n) is 11.2. The average molecular weight is 450 g/mol. The van der Waals surface area contributed by atoms with E-state index in [1.807, 2.05) is 16.6 Å². The van der Waals surface area contributed by atoms with Gasteiger partial charge in [-0.1, -0.05) is 0 Å². The van der Waals surface area contributed by atoms with Crippen molar-refractivity contribution in [2.45, 2.75) is 43.6 Å². The van der Waals surface area contributed by atoms with Crippen LogP contribution >= 0.6 is 0 Å². The lowest BCUT2D eigenvalue weighted by atomic mass is 9.94. The molecule has 1 atom stereocenters. The predicted octanol–water partition coefficient (Wildman–Crippen LogP) is 0.300.